The average molecular weight is 263 g/mol. The summed E-state index contributed by atoms with van der Waals surface area (Å²) in [5.41, 5.74) is 0. The zero-order valence-corrected chi connectivity index (χ0v) is 9.67. The van der Waals surface area contributed by atoms with E-state index in [2.05, 4.69) is 15.9 Å². The largest absolute Gasteiger partial charge is 0.491 e. The summed E-state index contributed by atoms with van der Waals surface area (Å²) in [6.07, 6.45) is -0.00274. The van der Waals surface area contributed by atoms with Crippen LogP contribution >= 0.6 is 15.9 Å². The molecule has 1 unspecified atom stereocenters. The van der Waals surface area contributed by atoms with Gasteiger partial charge in [-0.15, -0.1) is 0 Å². The summed E-state index contributed by atoms with van der Waals surface area (Å²) in [5.74, 6) is 0.181. The van der Waals surface area contributed by atoms with E-state index in [4.69, 9.17) is 9.47 Å². The Bertz CT molecular complexity index is 284. The van der Waals surface area contributed by atoms with Crippen LogP contribution in [0.4, 0.5) is 4.39 Å². The van der Waals surface area contributed by atoms with Crippen LogP contribution in [0, 0.1) is 5.82 Å². The van der Waals surface area contributed by atoms with Gasteiger partial charge in [-0.25, -0.2) is 4.39 Å². The maximum Gasteiger partial charge on any atom is 0.128 e. The van der Waals surface area contributed by atoms with Gasteiger partial charge in [-0.3, -0.25) is 0 Å². The summed E-state index contributed by atoms with van der Waals surface area (Å²) in [4.78, 5) is 0. The van der Waals surface area contributed by atoms with Gasteiger partial charge < -0.3 is 9.47 Å². The molecular weight excluding hydrogens is 251 g/mol. The molecule has 1 aromatic rings. The molecule has 1 aromatic carbocycles. The van der Waals surface area contributed by atoms with Gasteiger partial charge in [-0.05, 0) is 19.1 Å². The van der Waals surface area contributed by atoms with Gasteiger partial charge in [0.05, 0.1) is 6.10 Å². The minimum Gasteiger partial charge on any atom is -0.491 e. The third kappa shape index (κ3) is 3.64. The van der Waals surface area contributed by atoms with Crippen molar-refractivity contribution in [1.82, 2.24) is 0 Å². The summed E-state index contributed by atoms with van der Waals surface area (Å²) in [5, 5.41) is 0. The summed E-state index contributed by atoms with van der Waals surface area (Å²) >= 11 is 3.19. The van der Waals surface area contributed by atoms with Gasteiger partial charge in [-0.2, -0.15) is 0 Å². The highest BCUT2D eigenvalue weighted by Gasteiger charge is 2.03. The van der Waals surface area contributed by atoms with Crippen molar-refractivity contribution in [2.75, 3.05) is 13.7 Å². The summed E-state index contributed by atoms with van der Waals surface area (Å²) in [7, 11) is 1.61. The zero-order valence-electron chi connectivity index (χ0n) is 8.09. The molecule has 0 radical (unpaired) electrons. The van der Waals surface area contributed by atoms with Gasteiger partial charge in [0.15, 0.2) is 0 Å². The first-order valence-corrected chi connectivity index (χ1v) is 5.03. The normalized spacial score (nSPS) is 12.6. The van der Waals surface area contributed by atoms with Crippen molar-refractivity contribution in [2.24, 2.45) is 0 Å². The SMILES string of the molecule is COC(C)COc1cc(F)cc(Br)c1. The van der Waals surface area contributed by atoms with Crippen LogP contribution in [-0.2, 0) is 4.74 Å². The predicted octanol–water partition coefficient (Wildman–Crippen LogP) is 3.00. The van der Waals surface area contributed by atoms with Crippen molar-refractivity contribution in [3.05, 3.63) is 28.5 Å². The van der Waals surface area contributed by atoms with E-state index >= 15 is 0 Å². The Morgan fingerprint density at radius 1 is 1.43 bits per heavy atom. The Hall–Kier alpha value is -0.610. The molecule has 0 aliphatic carbocycles. The van der Waals surface area contributed by atoms with E-state index in [1.165, 1.54) is 12.1 Å². The van der Waals surface area contributed by atoms with Crippen LogP contribution in [0.5, 0.6) is 5.75 Å². The Kier molecular flexibility index (Phi) is 4.35. The standard InChI is InChI=1S/C10H12BrFO2/c1-7(13-2)6-14-10-4-8(11)3-9(12)5-10/h3-5,7H,6H2,1-2H3. The first-order chi connectivity index (χ1) is 6.61. The van der Waals surface area contributed by atoms with E-state index < -0.39 is 0 Å². The fourth-order valence-corrected chi connectivity index (χ4v) is 1.34. The lowest BCUT2D eigenvalue weighted by Gasteiger charge is -2.11. The molecule has 2 nitrogen and oxygen atoms in total. The van der Waals surface area contributed by atoms with Gasteiger partial charge in [0.1, 0.15) is 18.2 Å². The Morgan fingerprint density at radius 3 is 2.71 bits per heavy atom. The molecule has 0 spiro atoms. The number of ether oxygens (including phenoxy) is 2. The summed E-state index contributed by atoms with van der Waals surface area (Å²) < 4.78 is 23.9. The molecule has 0 amide bonds. The molecule has 0 aliphatic rings. The van der Waals surface area contributed by atoms with E-state index in [9.17, 15) is 4.39 Å². The molecule has 0 heterocycles. The highest BCUT2D eigenvalue weighted by atomic mass is 79.9. The van der Waals surface area contributed by atoms with Crippen molar-refractivity contribution in [3.63, 3.8) is 0 Å². The maximum absolute atomic E-state index is 12.9. The van der Waals surface area contributed by atoms with Crippen LogP contribution in [0.2, 0.25) is 0 Å². The Labute approximate surface area is 91.2 Å². The lowest BCUT2D eigenvalue weighted by atomic mass is 10.3. The maximum atomic E-state index is 12.9. The number of hydrogen-bond acceptors (Lipinski definition) is 2. The second kappa shape index (κ2) is 5.32. The predicted molar refractivity (Wildman–Crippen MR) is 56.1 cm³/mol. The second-order valence-corrected chi connectivity index (χ2v) is 3.88. The molecule has 1 atom stereocenters. The van der Waals surface area contributed by atoms with E-state index in [1.807, 2.05) is 6.92 Å². The van der Waals surface area contributed by atoms with Crippen LogP contribution < -0.4 is 4.74 Å². The van der Waals surface area contributed by atoms with E-state index in [0.717, 1.165) is 0 Å². The fraction of sp³-hybridized carbons (Fsp3) is 0.400. The summed E-state index contributed by atoms with van der Waals surface area (Å²) in [6.45, 7) is 2.29. The monoisotopic (exact) mass is 262 g/mol. The van der Waals surface area contributed by atoms with Crippen LogP contribution in [0.1, 0.15) is 6.92 Å². The van der Waals surface area contributed by atoms with Gasteiger partial charge >= 0.3 is 0 Å². The fourth-order valence-electron chi connectivity index (χ4n) is 0.893. The number of halogens is 2. The van der Waals surface area contributed by atoms with Crippen LogP contribution in [0.25, 0.3) is 0 Å². The second-order valence-electron chi connectivity index (χ2n) is 2.96. The lowest BCUT2D eigenvalue weighted by molar-refractivity contribution is 0.0715. The minimum atomic E-state index is -0.320. The Balaban J connectivity index is 2.58. The molecule has 4 heteroatoms. The molecule has 0 bridgehead atoms. The van der Waals surface area contributed by atoms with Gasteiger partial charge in [0, 0.05) is 17.6 Å². The molecule has 0 aromatic heterocycles. The van der Waals surface area contributed by atoms with Crippen molar-refractivity contribution < 1.29 is 13.9 Å². The molecule has 0 saturated carbocycles. The first kappa shape index (κ1) is 11.5. The highest BCUT2D eigenvalue weighted by Crippen LogP contribution is 2.20. The van der Waals surface area contributed by atoms with Gasteiger partial charge in [-0.1, -0.05) is 15.9 Å². The molecule has 0 aliphatic heterocycles. The molecule has 0 fully saturated rings. The lowest BCUT2D eigenvalue weighted by Crippen LogP contribution is -2.15. The van der Waals surface area contributed by atoms with Crippen molar-refractivity contribution in [2.45, 2.75) is 13.0 Å². The number of hydrogen-bond donors (Lipinski definition) is 0. The number of rotatable bonds is 4. The molecule has 78 valence electrons. The van der Waals surface area contributed by atoms with E-state index in [1.54, 1.807) is 13.2 Å². The zero-order chi connectivity index (χ0) is 10.6. The molecular formula is C10H12BrFO2. The number of benzene rings is 1. The average Bonchev–Trinajstić information content (AvgIpc) is 2.12. The summed E-state index contributed by atoms with van der Waals surface area (Å²) in [6, 6.07) is 4.44. The van der Waals surface area contributed by atoms with E-state index in [-0.39, 0.29) is 11.9 Å². The third-order valence-corrected chi connectivity index (χ3v) is 2.18. The third-order valence-electron chi connectivity index (χ3n) is 1.72. The molecule has 1 rings (SSSR count). The van der Waals surface area contributed by atoms with Gasteiger partial charge in [0.2, 0.25) is 0 Å². The first-order valence-electron chi connectivity index (χ1n) is 4.23. The minimum absolute atomic E-state index is 0.00274. The van der Waals surface area contributed by atoms with Crippen molar-refractivity contribution in [1.29, 1.82) is 0 Å². The van der Waals surface area contributed by atoms with Crippen LogP contribution in [0.3, 0.4) is 0 Å². The highest BCUT2D eigenvalue weighted by molar-refractivity contribution is 9.10. The van der Waals surface area contributed by atoms with Crippen LogP contribution in [-0.4, -0.2) is 19.8 Å². The van der Waals surface area contributed by atoms with Crippen molar-refractivity contribution >= 4 is 15.9 Å². The number of methoxy groups -OCH3 is 1. The molecule has 0 saturated heterocycles. The van der Waals surface area contributed by atoms with Crippen molar-refractivity contribution in [3.8, 4) is 5.75 Å². The Morgan fingerprint density at radius 2 is 2.14 bits per heavy atom. The molecule has 14 heavy (non-hydrogen) atoms. The van der Waals surface area contributed by atoms with Gasteiger partial charge in [0.25, 0.3) is 0 Å². The van der Waals surface area contributed by atoms with E-state index in [0.29, 0.717) is 16.8 Å². The topological polar surface area (TPSA) is 18.5 Å². The molecule has 0 N–H and O–H groups in total. The quantitative estimate of drug-likeness (QED) is 0.831. The van der Waals surface area contributed by atoms with Crippen LogP contribution in [0.15, 0.2) is 22.7 Å². The smallest absolute Gasteiger partial charge is 0.128 e.